The Bertz CT molecular complexity index is 686. The van der Waals surface area contributed by atoms with Gasteiger partial charge < -0.3 is 5.32 Å². The van der Waals surface area contributed by atoms with Gasteiger partial charge in [0.2, 0.25) is 0 Å². The summed E-state index contributed by atoms with van der Waals surface area (Å²) < 4.78 is 2.22. The molecule has 1 N–H and O–H groups in total. The van der Waals surface area contributed by atoms with E-state index in [9.17, 15) is 0 Å². The lowest BCUT2D eigenvalue weighted by atomic mass is 10.2. The van der Waals surface area contributed by atoms with E-state index in [0.717, 1.165) is 22.5 Å². The van der Waals surface area contributed by atoms with Gasteiger partial charge >= 0.3 is 0 Å². The fourth-order valence-electron chi connectivity index (χ4n) is 2.31. The molecule has 0 saturated heterocycles. The molecule has 0 radical (unpaired) electrons. The predicted molar refractivity (Wildman–Crippen MR) is 78.5 cm³/mol. The molecular weight excluding hydrogens is 234 g/mol. The molecule has 0 fully saturated rings. The standard InChI is InChI=1S/C16H17N3/c1-12(17-2)16-18-14-10-6-7-11-15(14)19(16)13-8-4-3-5-9-13/h3-12,17H,1-2H3. The van der Waals surface area contributed by atoms with Crippen LogP contribution in [0, 0.1) is 0 Å². The lowest BCUT2D eigenvalue weighted by Gasteiger charge is -2.14. The Balaban J connectivity index is 2.31. The van der Waals surface area contributed by atoms with Crippen molar-refractivity contribution in [2.45, 2.75) is 13.0 Å². The number of hydrogen-bond acceptors (Lipinski definition) is 2. The van der Waals surface area contributed by atoms with E-state index in [2.05, 4.69) is 59.3 Å². The minimum Gasteiger partial charge on any atom is -0.311 e. The van der Waals surface area contributed by atoms with E-state index in [4.69, 9.17) is 4.98 Å². The Morgan fingerprint density at radius 2 is 1.68 bits per heavy atom. The molecule has 3 heteroatoms. The van der Waals surface area contributed by atoms with Gasteiger partial charge in [-0.05, 0) is 38.2 Å². The van der Waals surface area contributed by atoms with Gasteiger partial charge in [0.1, 0.15) is 5.82 Å². The highest BCUT2D eigenvalue weighted by Gasteiger charge is 2.15. The second kappa shape index (κ2) is 4.86. The van der Waals surface area contributed by atoms with Crippen LogP contribution in [-0.2, 0) is 0 Å². The Kier molecular flexibility index (Phi) is 3.05. The van der Waals surface area contributed by atoms with Gasteiger partial charge in [-0.25, -0.2) is 4.98 Å². The molecule has 19 heavy (non-hydrogen) atoms. The van der Waals surface area contributed by atoms with Crippen LogP contribution in [0.3, 0.4) is 0 Å². The van der Waals surface area contributed by atoms with E-state index >= 15 is 0 Å². The van der Waals surface area contributed by atoms with Gasteiger partial charge in [-0.2, -0.15) is 0 Å². The third-order valence-electron chi connectivity index (χ3n) is 3.42. The molecule has 1 aromatic heterocycles. The fourth-order valence-corrected chi connectivity index (χ4v) is 2.31. The van der Waals surface area contributed by atoms with Gasteiger partial charge in [0.15, 0.2) is 0 Å². The quantitative estimate of drug-likeness (QED) is 0.774. The number of imidazole rings is 1. The zero-order valence-corrected chi connectivity index (χ0v) is 11.2. The highest BCUT2D eigenvalue weighted by atomic mass is 15.1. The summed E-state index contributed by atoms with van der Waals surface area (Å²) in [6.07, 6.45) is 0. The maximum absolute atomic E-state index is 4.76. The highest BCUT2D eigenvalue weighted by molar-refractivity contribution is 5.78. The number of rotatable bonds is 3. The van der Waals surface area contributed by atoms with E-state index < -0.39 is 0 Å². The topological polar surface area (TPSA) is 29.9 Å². The molecule has 0 saturated carbocycles. The molecule has 0 bridgehead atoms. The van der Waals surface area contributed by atoms with E-state index in [1.807, 2.05) is 19.2 Å². The molecule has 0 aliphatic carbocycles. The van der Waals surface area contributed by atoms with Crippen molar-refractivity contribution in [1.82, 2.24) is 14.9 Å². The van der Waals surface area contributed by atoms with Gasteiger partial charge in [0, 0.05) is 5.69 Å². The van der Waals surface area contributed by atoms with Crippen LogP contribution in [0.2, 0.25) is 0 Å². The number of aromatic nitrogens is 2. The molecule has 3 nitrogen and oxygen atoms in total. The molecular formula is C16H17N3. The van der Waals surface area contributed by atoms with E-state index in [1.54, 1.807) is 0 Å². The Hall–Kier alpha value is -2.13. The number of fused-ring (bicyclic) bond motifs is 1. The molecule has 2 aromatic carbocycles. The van der Waals surface area contributed by atoms with E-state index in [0.29, 0.717) is 0 Å². The lowest BCUT2D eigenvalue weighted by molar-refractivity contribution is 0.604. The van der Waals surface area contributed by atoms with Crippen molar-refractivity contribution < 1.29 is 0 Å². The normalized spacial score (nSPS) is 12.7. The first-order chi connectivity index (χ1) is 9.31. The minimum atomic E-state index is 0.201. The predicted octanol–water partition coefficient (Wildman–Crippen LogP) is 3.31. The summed E-state index contributed by atoms with van der Waals surface area (Å²) in [7, 11) is 1.96. The Morgan fingerprint density at radius 1 is 1.00 bits per heavy atom. The smallest absolute Gasteiger partial charge is 0.131 e. The molecule has 0 aliphatic rings. The second-order valence-electron chi connectivity index (χ2n) is 4.64. The molecule has 1 atom stereocenters. The van der Waals surface area contributed by atoms with Gasteiger partial charge in [0.25, 0.3) is 0 Å². The average molecular weight is 251 g/mol. The zero-order chi connectivity index (χ0) is 13.2. The first-order valence-corrected chi connectivity index (χ1v) is 6.51. The molecule has 3 aromatic rings. The van der Waals surface area contributed by atoms with Crippen LogP contribution in [0.5, 0.6) is 0 Å². The first kappa shape index (κ1) is 11.9. The molecule has 0 spiro atoms. The van der Waals surface area contributed by atoms with Gasteiger partial charge in [-0.1, -0.05) is 30.3 Å². The fraction of sp³-hybridized carbons (Fsp3) is 0.188. The van der Waals surface area contributed by atoms with Crippen LogP contribution in [0.25, 0.3) is 16.7 Å². The number of nitrogens with one attached hydrogen (secondary N) is 1. The summed E-state index contributed by atoms with van der Waals surface area (Å²) >= 11 is 0. The number of hydrogen-bond donors (Lipinski definition) is 1. The molecule has 0 aliphatic heterocycles. The summed E-state index contributed by atoms with van der Waals surface area (Å²) in [6, 6.07) is 18.8. The molecule has 1 heterocycles. The number of para-hydroxylation sites is 3. The summed E-state index contributed by atoms with van der Waals surface area (Å²) in [5.74, 6) is 1.04. The maximum Gasteiger partial charge on any atom is 0.131 e. The van der Waals surface area contributed by atoms with Crippen molar-refractivity contribution in [2.75, 3.05) is 7.05 Å². The van der Waals surface area contributed by atoms with Crippen LogP contribution in [-0.4, -0.2) is 16.6 Å². The zero-order valence-electron chi connectivity index (χ0n) is 11.2. The third-order valence-corrected chi connectivity index (χ3v) is 3.42. The summed E-state index contributed by atoms with van der Waals surface area (Å²) in [4.78, 5) is 4.76. The minimum absolute atomic E-state index is 0.201. The van der Waals surface area contributed by atoms with Crippen LogP contribution in [0.1, 0.15) is 18.8 Å². The molecule has 3 rings (SSSR count). The van der Waals surface area contributed by atoms with E-state index in [-0.39, 0.29) is 6.04 Å². The second-order valence-corrected chi connectivity index (χ2v) is 4.64. The van der Waals surface area contributed by atoms with Crippen LogP contribution >= 0.6 is 0 Å². The summed E-state index contributed by atoms with van der Waals surface area (Å²) in [6.45, 7) is 2.13. The summed E-state index contributed by atoms with van der Waals surface area (Å²) in [5.41, 5.74) is 3.32. The number of benzene rings is 2. The van der Waals surface area contributed by atoms with Crippen molar-refractivity contribution in [2.24, 2.45) is 0 Å². The van der Waals surface area contributed by atoms with Crippen LogP contribution in [0.15, 0.2) is 54.6 Å². The summed E-state index contributed by atoms with van der Waals surface area (Å²) in [5, 5.41) is 3.27. The first-order valence-electron chi connectivity index (χ1n) is 6.51. The van der Waals surface area contributed by atoms with Gasteiger partial charge in [-0.15, -0.1) is 0 Å². The molecule has 0 amide bonds. The highest BCUT2D eigenvalue weighted by Crippen LogP contribution is 2.24. The van der Waals surface area contributed by atoms with Crippen LogP contribution < -0.4 is 5.32 Å². The average Bonchev–Trinajstić information content (AvgIpc) is 2.86. The molecule has 1 unspecified atom stereocenters. The van der Waals surface area contributed by atoms with E-state index in [1.165, 1.54) is 0 Å². The van der Waals surface area contributed by atoms with Crippen molar-refractivity contribution in [1.29, 1.82) is 0 Å². The van der Waals surface area contributed by atoms with Crippen LogP contribution in [0.4, 0.5) is 0 Å². The van der Waals surface area contributed by atoms with Crippen molar-refractivity contribution >= 4 is 11.0 Å². The van der Waals surface area contributed by atoms with Gasteiger partial charge in [-0.3, -0.25) is 4.57 Å². The SMILES string of the molecule is CNC(C)c1nc2ccccc2n1-c1ccccc1. The lowest BCUT2D eigenvalue weighted by Crippen LogP contribution is -2.17. The van der Waals surface area contributed by atoms with Crippen molar-refractivity contribution in [3.63, 3.8) is 0 Å². The van der Waals surface area contributed by atoms with Gasteiger partial charge in [0.05, 0.1) is 17.1 Å². The Morgan fingerprint density at radius 3 is 2.42 bits per heavy atom. The monoisotopic (exact) mass is 251 g/mol. The largest absolute Gasteiger partial charge is 0.311 e. The Labute approximate surface area is 112 Å². The third kappa shape index (κ3) is 2.02. The van der Waals surface area contributed by atoms with Crippen molar-refractivity contribution in [3.8, 4) is 5.69 Å². The number of nitrogens with zero attached hydrogens (tertiary/aromatic N) is 2. The molecule has 96 valence electrons. The maximum atomic E-state index is 4.76. The van der Waals surface area contributed by atoms with Crippen molar-refractivity contribution in [3.05, 3.63) is 60.4 Å².